The molecule has 1 aliphatic rings. The summed E-state index contributed by atoms with van der Waals surface area (Å²) in [5.74, 6) is 0.277. The zero-order valence-electron chi connectivity index (χ0n) is 12.3. The summed E-state index contributed by atoms with van der Waals surface area (Å²) in [5.41, 5.74) is 2.06. The van der Waals surface area contributed by atoms with Crippen LogP contribution in [0.15, 0.2) is 35.5 Å². The second kappa shape index (κ2) is 7.31. The minimum atomic E-state index is -0.0428. The lowest BCUT2D eigenvalue weighted by Gasteiger charge is -2.28. The predicted molar refractivity (Wildman–Crippen MR) is 88.2 cm³/mol. The van der Waals surface area contributed by atoms with Crippen LogP contribution in [-0.4, -0.2) is 40.2 Å². The van der Waals surface area contributed by atoms with Crippen molar-refractivity contribution in [3.05, 3.63) is 30.5 Å². The Bertz CT molecular complexity index is 593. The number of H-pyrrole nitrogens is 1. The molecule has 0 bridgehead atoms. The first-order valence-electron chi connectivity index (χ1n) is 7.45. The van der Waals surface area contributed by atoms with Gasteiger partial charge in [-0.25, -0.2) is 0 Å². The molecule has 7 heteroatoms. The number of anilines is 2. The standard InChI is InChI=1S/C15H19N5OS/c21-14(11-22-15-10-16-19-18-15)17-12-4-6-13(7-5-12)20-8-2-1-3-9-20/h4-7,10H,1-3,8-9,11H2,(H,17,21)(H,16,18,19). The van der Waals surface area contributed by atoms with Gasteiger partial charge in [0, 0.05) is 24.5 Å². The van der Waals surface area contributed by atoms with E-state index >= 15 is 0 Å². The SMILES string of the molecule is O=C(CSc1cn[nH]n1)Nc1ccc(N2CCCCC2)cc1. The summed E-state index contributed by atoms with van der Waals surface area (Å²) < 4.78 is 0. The number of hydrogen-bond acceptors (Lipinski definition) is 5. The molecule has 1 amide bonds. The molecule has 0 atom stereocenters. The summed E-state index contributed by atoms with van der Waals surface area (Å²) in [6.45, 7) is 2.25. The topological polar surface area (TPSA) is 73.9 Å². The number of hydrogen-bond donors (Lipinski definition) is 2. The highest BCUT2D eigenvalue weighted by Gasteiger charge is 2.11. The second-order valence-electron chi connectivity index (χ2n) is 5.24. The van der Waals surface area contributed by atoms with Gasteiger partial charge in [0.15, 0.2) is 0 Å². The summed E-state index contributed by atoms with van der Waals surface area (Å²) in [5, 5.41) is 13.7. The zero-order valence-corrected chi connectivity index (χ0v) is 13.1. The number of aromatic nitrogens is 3. The van der Waals surface area contributed by atoms with E-state index in [1.165, 1.54) is 36.7 Å². The predicted octanol–water partition coefficient (Wildman–Crippen LogP) is 2.53. The fourth-order valence-electron chi connectivity index (χ4n) is 2.50. The number of nitrogens with zero attached hydrogens (tertiary/aromatic N) is 3. The lowest BCUT2D eigenvalue weighted by molar-refractivity contribution is -0.113. The van der Waals surface area contributed by atoms with Gasteiger partial charge in [0.25, 0.3) is 0 Å². The molecule has 3 rings (SSSR count). The van der Waals surface area contributed by atoms with E-state index in [4.69, 9.17) is 0 Å². The molecule has 2 N–H and O–H groups in total. The van der Waals surface area contributed by atoms with E-state index in [1.54, 1.807) is 6.20 Å². The largest absolute Gasteiger partial charge is 0.372 e. The normalized spacial score (nSPS) is 14.8. The molecule has 0 aliphatic carbocycles. The van der Waals surface area contributed by atoms with Crippen LogP contribution >= 0.6 is 11.8 Å². The molecule has 1 fully saturated rings. The van der Waals surface area contributed by atoms with Crippen LogP contribution in [0.5, 0.6) is 0 Å². The van der Waals surface area contributed by atoms with Gasteiger partial charge in [-0.2, -0.15) is 10.3 Å². The summed E-state index contributed by atoms with van der Waals surface area (Å²) in [7, 11) is 0. The fourth-order valence-corrected chi connectivity index (χ4v) is 3.09. The van der Waals surface area contributed by atoms with Crippen LogP contribution in [0, 0.1) is 0 Å². The Balaban J connectivity index is 1.50. The van der Waals surface area contributed by atoms with E-state index in [-0.39, 0.29) is 5.91 Å². The van der Waals surface area contributed by atoms with Gasteiger partial charge in [0.05, 0.1) is 11.9 Å². The van der Waals surface area contributed by atoms with E-state index in [2.05, 4.69) is 37.8 Å². The lowest BCUT2D eigenvalue weighted by atomic mass is 10.1. The van der Waals surface area contributed by atoms with Crippen molar-refractivity contribution < 1.29 is 4.79 Å². The molecular formula is C15H19N5OS. The van der Waals surface area contributed by atoms with E-state index in [0.717, 1.165) is 23.8 Å². The van der Waals surface area contributed by atoms with Gasteiger partial charge in [0.2, 0.25) is 5.91 Å². The van der Waals surface area contributed by atoms with Crippen molar-refractivity contribution in [2.75, 3.05) is 29.1 Å². The molecule has 6 nitrogen and oxygen atoms in total. The van der Waals surface area contributed by atoms with Gasteiger partial charge in [-0.15, -0.1) is 5.10 Å². The summed E-state index contributed by atoms with van der Waals surface area (Å²) >= 11 is 1.36. The molecule has 0 spiro atoms. The van der Waals surface area contributed by atoms with E-state index in [0.29, 0.717) is 5.75 Å². The number of rotatable bonds is 5. The maximum Gasteiger partial charge on any atom is 0.234 e. The van der Waals surface area contributed by atoms with Crippen LogP contribution in [0.3, 0.4) is 0 Å². The van der Waals surface area contributed by atoms with E-state index in [9.17, 15) is 4.79 Å². The molecule has 2 aromatic rings. The highest BCUT2D eigenvalue weighted by molar-refractivity contribution is 7.99. The fraction of sp³-hybridized carbons (Fsp3) is 0.400. The number of aromatic amines is 1. The molecule has 1 aromatic heterocycles. The Labute approximate surface area is 133 Å². The first-order valence-corrected chi connectivity index (χ1v) is 8.43. The Morgan fingerprint density at radius 2 is 2.00 bits per heavy atom. The van der Waals surface area contributed by atoms with Gasteiger partial charge < -0.3 is 10.2 Å². The first kappa shape index (κ1) is 14.9. The summed E-state index contributed by atoms with van der Waals surface area (Å²) in [4.78, 5) is 14.3. The number of piperidine rings is 1. The van der Waals surface area contributed by atoms with Crippen LogP contribution in [0.4, 0.5) is 11.4 Å². The van der Waals surface area contributed by atoms with E-state index in [1.807, 2.05) is 12.1 Å². The Hall–Kier alpha value is -2.02. The molecule has 2 heterocycles. The van der Waals surface area contributed by atoms with Gasteiger partial charge in [-0.1, -0.05) is 11.8 Å². The van der Waals surface area contributed by atoms with Crippen molar-refractivity contribution in [2.45, 2.75) is 24.3 Å². The third kappa shape index (κ3) is 4.00. The molecule has 0 saturated carbocycles. The smallest absolute Gasteiger partial charge is 0.234 e. The average molecular weight is 317 g/mol. The number of carbonyl (C=O) groups is 1. The van der Waals surface area contributed by atoms with Crippen LogP contribution in [-0.2, 0) is 4.79 Å². The van der Waals surface area contributed by atoms with Crippen molar-refractivity contribution in [2.24, 2.45) is 0 Å². The number of carbonyl (C=O) groups excluding carboxylic acids is 1. The maximum absolute atomic E-state index is 11.9. The number of benzene rings is 1. The third-order valence-electron chi connectivity index (χ3n) is 3.62. The number of thioether (sulfide) groups is 1. The van der Waals surface area contributed by atoms with Crippen molar-refractivity contribution in [3.63, 3.8) is 0 Å². The van der Waals surface area contributed by atoms with Crippen LogP contribution in [0.25, 0.3) is 0 Å². The molecule has 1 aromatic carbocycles. The summed E-state index contributed by atoms with van der Waals surface area (Å²) in [6, 6.07) is 8.07. The van der Waals surface area contributed by atoms with Gasteiger partial charge >= 0.3 is 0 Å². The van der Waals surface area contributed by atoms with Crippen LogP contribution < -0.4 is 10.2 Å². The van der Waals surface area contributed by atoms with Crippen molar-refractivity contribution in [1.29, 1.82) is 0 Å². The molecule has 0 radical (unpaired) electrons. The molecule has 0 unspecified atom stereocenters. The maximum atomic E-state index is 11.9. The highest BCUT2D eigenvalue weighted by atomic mass is 32.2. The van der Waals surface area contributed by atoms with Crippen molar-refractivity contribution >= 4 is 29.0 Å². The van der Waals surface area contributed by atoms with Gasteiger partial charge in [-0.3, -0.25) is 4.79 Å². The molecular weight excluding hydrogens is 298 g/mol. The average Bonchev–Trinajstić information content (AvgIpc) is 3.08. The first-order chi connectivity index (χ1) is 10.8. The number of amides is 1. The Morgan fingerprint density at radius 1 is 1.23 bits per heavy atom. The summed E-state index contributed by atoms with van der Waals surface area (Å²) in [6.07, 6.45) is 5.45. The third-order valence-corrected chi connectivity index (χ3v) is 4.52. The monoisotopic (exact) mass is 317 g/mol. The Morgan fingerprint density at radius 3 is 2.68 bits per heavy atom. The Kier molecular flexibility index (Phi) is 4.95. The molecule has 1 saturated heterocycles. The quantitative estimate of drug-likeness (QED) is 0.829. The molecule has 22 heavy (non-hydrogen) atoms. The minimum absolute atomic E-state index is 0.0428. The van der Waals surface area contributed by atoms with Crippen molar-refractivity contribution in [1.82, 2.24) is 15.4 Å². The zero-order chi connectivity index (χ0) is 15.2. The highest BCUT2D eigenvalue weighted by Crippen LogP contribution is 2.22. The second-order valence-corrected chi connectivity index (χ2v) is 6.24. The van der Waals surface area contributed by atoms with Gasteiger partial charge in [-0.05, 0) is 43.5 Å². The van der Waals surface area contributed by atoms with E-state index < -0.39 is 0 Å². The minimum Gasteiger partial charge on any atom is -0.372 e. The lowest BCUT2D eigenvalue weighted by Crippen LogP contribution is -2.29. The molecule has 116 valence electrons. The van der Waals surface area contributed by atoms with Crippen LogP contribution in [0.1, 0.15) is 19.3 Å². The van der Waals surface area contributed by atoms with Crippen molar-refractivity contribution in [3.8, 4) is 0 Å². The number of nitrogens with one attached hydrogen (secondary N) is 2. The van der Waals surface area contributed by atoms with Crippen LogP contribution in [0.2, 0.25) is 0 Å². The van der Waals surface area contributed by atoms with Gasteiger partial charge in [0.1, 0.15) is 5.03 Å². The molecule has 1 aliphatic heterocycles.